The molecule has 2 rings (SSSR count). The molecule has 0 saturated heterocycles. The highest BCUT2D eigenvalue weighted by atomic mass is 79.9. The molecule has 2 amide bonds. The van der Waals surface area contributed by atoms with Crippen LogP contribution in [0.15, 0.2) is 46.9 Å². The first kappa shape index (κ1) is 22.0. The first-order valence-electron chi connectivity index (χ1n) is 9.53. The van der Waals surface area contributed by atoms with Crippen LogP contribution in [-0.4, -0.2) is 25.0 Å². The number of carbonyl (C=O) groups is 2. The number of halogens is 1. The molecule has 150 valence electrons. The van der Waals surface area contributed by atoms with E-state index in [1.807, 2.05) is 19.9 Å². The van der Waals surface area contributed by atoms with Crippen molar-refractivity contribution >= 4 is 33.4 Å². The van der Waals surface area contributed by atoms with Gasteiger partial charge in [-0.15, -0.1) is 0 Å². The SMILES string of the molecule is CCCCNC(=O)c1ccccc1NC(=O)c1cc(Br)ccc1OCC(C)C. The fourth-order valence-corrected chi connectivity index (χ4v) is 2.88. The Hall–Kier alpha value is -2.34. The third-order valence-electron chi connectivity index (χ3n) is 3.99. The second kappa shape index (κ2) is 10.9. The van der Waals surface area contributed by atoms with Gasteiger partial charge in [-0.2, -0.15) is 0 Å². The average Bonchev–Trinajstić information content (AvgIpc) is 2.67. The fraction of sp³-hybridized carbons (Fsp3) is 0.364. The van der Waals surface area contributed by atoms with Crippen LogP contribution in [0, 0.1) is 5.92 Å². The van der Waals surface area contributed by atoms with Crippen molar-refractivity contribution in [2.45, 2.75) is 33.6 Å². The second-order valence-electron chi connectivity index (χ2n) is 6.95. The van der Waals surface area contributed by atoms with Crippen LogP contribution < -0.4 is 15.4 Å². The normalized spacial score (nSPS) is 10.6. The minimum absolute atomic E-state index is 0.199. The van der Waals surface area contributed by atoms with E-state index < -0.39 is 0 Å². The third kappa shape index (κ3) is 6.37. The molecular weight excluding hydrogens is 420 g/mol. The molecule has 0 aliphatic rings. The van der Waals surface area contributed by atoms with E-state index in [0.29, 0.717) is 41.6 Å². The van der Waals surface area contributed by atoms with Gasteiger partial charge in [-0.25, -0.2) is 0 Å². The molecule has 5 nitrogen and oxygen atoms in total. The van der Waals surface area contributed by atoms with Gasteiger partial charge in [0.2, 0.25) is 0 Å². The standard InChI is InChI=1S/C22H27BrN2O3/c1-4-5-12-24-21(26)17-8-6-7-9-19(17)25-22(27)18-13-16(23)10-11-20(18)28-14-15(2)3/h6-11,13,15H,4-5,12,14H2,1-3H3,(H,24,26)(H,25,27). The average molecular weight is 447 g/mol. The lowest BCUT2D eigenvalue weighted by Crippen LogP contribution is -2.26. The lowest BCUT2D eigenvalue weighted by Gasteiger charge is -2.15. The molecule has 28 heavy (non-hydrogen) atoms. The maximum absolute atomic E-state index is 12.9. The molecule has 0 saturated carbocycles. The first-order chi connectivity index (χ1) is 13.4. The van der Waals surface area contributed by atoms with Gasteiger partial charge in [-0.1, -0.05) is 55.3 Å². The molecule has 0 fully saturated rings. The van der Waals surface area contributed by atoms with Crippen LogP contribution in [0.4, 0.5) is 5.69 Å². The van der Waals surface area contributed by atoms with Crippen molar-refractivity contribution in [2.75, 3.05) is 18.5 Å². The quantitative estimate of drug-likeness (QED) is 0.515. The van der Waals surface area contributed by atoms with E-state index in [2.05, 4.69) is 33.5 Å². The number of anilines is 1. The molecule has 0 aromatic heterocycles. The molecule has 0 unspecified atom stereocenters. The Labute approximate surface area is 175 Å². The number of ether oxygens (including phenoxy) is 1. The molecule has 2 N–H and O–H groups in total. The summed E-state index contributed by atoms with van der Waals surface area (Å²) in [4.78, 5) is 25.4. The zero-order valence-corrected chi connectivity index (χ0v) is 18.1. The van der Waals surface area contributed by atoms with Crippen molar-refractivity contribution < 1.29 is 14.3 Å². The molecule has 0 atom stereocenters. The Morgan fingerprint density at radius 2 is 1.82 bits per heavy atom. The van der Waals surface area contributed by atoms with Crippen molar-refractivity contribution in [1.82, 2.24) is 5.32 Å². The summed E-state index contributed by atoms with van der Waals surface area (Å²) in [6.45, 7) is 7.28. The van der Waals surface area contributed by atoms with Gasteiger partial charge in [0, 0.05) is 11.0 Å². The second-order valence-corrected chi connectivity index (χ2v) is 7.87. The number of para-hydroxylation sites is 1. The number of rotatable bonds is 9. The summed E-state index contributed by atoms with van der Waals surface area (Å²) in [5.41, 5.74) is 1.32. The van der Waals surface area contributed by atoms with Gasteiger partial charge in [0.25, 0.3) is 11.8 Å². The Morgan fingerprint density at radius 1 is 1.07 bits per heavy atom. The number of hydrogen-bond donors (Lipinski definition) is 2. The number of amides is 2. The van der Waals surface area contributed by atoms with Crippen LogP contribution in [0.2, 0.25) is 0 Å². The molecule has 0 heterocycles. The summed E-state index contributed by atoms with van der Waals surface area (Å²) < 4.78 is 6.57. The Morgan fingerprint density at radius 3 is 2.54 bits per heavy atom. The topological polar surface area (TPSA) is 67.4 Å². The van der Waals surface area contributed by atoms with Gasteiger partial charge in [-0.3, -0.25) is 9.59 Å². The largest absolute Gasteiger partial charge is 0.492 e. The molecule has 0 spiro atoms. The summed E-state index contributed by atoms with van der Waals surface area (Å²) >= 11 is 3.40. The lowest BCUT2D eigenvalue weighted by atomic mass is 10.1. The maximum Gasteiger partial charge on any atom is 0.259 e. The van der Waals surface area contributed by atoms with E-state index in [1.165, 1.54) is 0 Å². The first-order valence-corrected chi connectivity index (χ1v) is 10.3. The fourth-order valence-electron chi connectivity index (χ4n) is 2.52. The van der Waals surface area contributed by atoms with Crippen molar-refractivity contribution in [1.29, 1.82) is 0 Å². The van der Waals surface area contributed by atoms with Gasteiger partial charge >= 0.3 is 0 Å². The zero-order chi connectivity index (χ0) is 20.5. The van der Waals surface area contributed by atoms with Crippen LogP contribution >= 0.6 is 15.9 Å². The van der Waals surface area contributed by atoms with Crippen LogP contribution in [-0.2, 0) is 0 Å². The summed E-state index contributed by atoms with van der Waals surface area (Å²) in [6, 6.07) is 12.3. The zero-order valence-electron chi connectivity index (χ0n) is 16.5. The van der Waals surface area contributed by atoms with Crippen LogP contribution in [0.1, 0.15) is 54.3 Å². The lowest BCUT2D eigenvalue weighted by molar-refractivity contribution is 0.0954. The summed E-state index contributed by atoms with van der Waals surface area (Å²) in [5.74, 6) is 0.329. The molecular formula is C22H27BrN2O3. The van der Waals surface area contributed by atoms with E-state index in [4.69, 9.17) is 4.74 Å². The van der Waals surface area contributed by atoms with Gasteiger partial charge in [0.15, 0.2) is 0 Å². The van der Waals surface area contributed by atoms with E-state index in [9.17, 15) is 9.59 Å². The van der Waals surface area contributed by atoms with Crippen molar-refractivity contribution in [2.24, 2.45) is 5.92 Å². The predicted octanol–water partition coefficient (Wildman–Crippen LogP) is 5.27. The Kier molecular flexibility index (Phi) is 8.51. The molecule has 2 aromatic carbocycles. The highest BCUT2D eigenvalue weighted by molar-refractivity contribution is 9.10. The van der Waals surface area contributed by atoms with E-state index >= 15 is 0 Å². The van der Waals surface area contributed by atoms with Crippen LogP contribution in [0.3, 0.4) is 0 Å². The van der Waals surface area contributed by atoms with Crippen LogP contribution in [0.25, 0.3) is 0 Å². The van der Waals surface area contributed by atoms with Gasteiger partial charge in [0.1, 0.15) is 5.75 Å². The van der Waals surface area contributed by atoms with Crippen LogP contribution in [0.5, 0.6) is 5.75 Å². The summed E-state index contributed by atoms with van der Waals surface area (Å²) in [5, 5.41) is 5.74. The Balaban J connectivity index is 2.21. The van der Waals surface area contributed by atoms with Gasteiger partial charge in [-0.05, 0) is 42.7 Å². The summed E-state index contributed by atoms with van der Waals surface area (Å²) in [7, 11) is 0. The van der Waals surface area contributed by atoms with E-state index in [0.717, 1.165) is 17.3 Å². The summed E-state index contributed by atoms with van der Waals surface area (Å²) in [6.07, 6.45) is 1.91. The number of unbranched alkanes of at least 4 members (excludes halogenated alkanes) is 1. The van der Waals surface area contributed by atoms with Gasteiger partial charge < -0.3 is 15.4 Å². The number of nitrogens with one attached hydrogen (secondary N) is 2. The third-order valence-corrected chi connectivity index (χ3v) is 4.49. The van der Waals surface area contributed by atoms with E-state index in [-0.39, 0.29) is 11.8 Å². The van der Waals surface area contributed by atoms with Gasteiger partial charge in [0.05, 0.1) is 23.4 Å². The molecule has 6 heteroatoms. The Bertz CT molecular complexity index is 821. The van der Waals surface area contributed by atoms with Crippen molar-refractivity contribution in [3.05, 3.63) is 58.1 Å². The van der Waals surface area contributed by atoms with Crippen molar-refractivity contribution in [3.8, 4) is 5.75 Å². The highest BCUT2D eigenvalue weighted by Crippen LogP contribution is 2.26. The number of hydrogen-bond acceptors (Lipinski definition) is 3. The predicted molar refractivity (Wildman–Crippen MR) is 116 cm³/mol. The smallest absolute Gasteiger partial charge is 0.259 e. The highest BCUT2D eigenvalue weighted by Gasteiger charge is 2.17. The maximum atomic E-state index is 12.9. The molecule has 2 aromatic rings. The van der Waals surface area contributed by atoms with E-state index in [1.54, 1.807) is 36.4 Å². The van der Waals surface area contributed by atoms with Crippen molar-refractivity contribution in [3.63, 3.8) is 0 Å². The monoisotopic (exact) mass is 446 g/mol. The molecule has 0 aliphatic carbocycles. The molecule has 0 bridgehead atoms. The minimum atomic E-state index is -0.325. The number of carbonyl (C=O) groups excluding carboxylic acids is 2. The number of benzene rings is 2. The molecule has 0 radical (unpaired) electrons. The minimum Gasteiger partial charge on any atom is -0.492 e. The molecule has 0 aliphatic heterocycles.